The van der Waals surface area contributed by atoms with Crippen molar-refractivity contribution in [3.05, 3.63) is 0 Å². The highest BCUT2D eigenvalue weighted by Crippen LogP contribution is 2.08. The van der Waals surface area contributed by atoms with Crippen LogP contribution in [0.2, 0.25) is 0 Å². The SMILES string of the molecule is CC(=O)OC(CS(=O)(=O)O)C(F)F. The van der Waals surface area contributed by atoms with Gasteiger partial charge in [-0.05, 0) is 0 Å². The Morgan fingerprint density at radius 2 is 2.00 bits per heavy atom. The maximum atomic E-state index is 11.9. The zero-order valence-corrected chi connectivity index (χ0v) is 7.42. The Hall–Kier alpha value is -0.760. The molecule has 0 aromatic carbocycles. The Kier molecular flexibility index (Phi) is 4.21. The van der Waals surface area contributed by atoms with Crippen LogP contribution in [0.5, 0.6) is 0 Å². The average molecular weight is 218 g/mol. The second-order valence-corrected chi connectivity index (χ2v) is 3.73. The lowest BCUT2D eigenvalue weighted by Crippen LogP contribution is -2.32. The van der Waals surface area contributed by atoms with Crippen molar-refractivity contribution in [3.63, 3.8) is 0 Å². The number of carbonyl (C=O) groups is 1. The standard InChI is InChI=1S/C5H8F2O5S/c1-3(8)12-4(5(6)7)2-13(9,10)11/h4-5H,2H2,1H3,(H,9,10,11). The lowest BCUT2D eigenvalue weighted by atomic mass is 10.4. The van der Waals surface area contributed by atoms with E-state index in [1.54, 1.807) is 0 Å². The summed E-state index contributed by atoms with van der Waals surface area (Å²) in [5.74, 6) is -2.33. The molecule has 0 aliphatic rings. The molecule has 0 radical (unpaired) electrons. The monoisotopic (exact) mass is 218 g/mol. The molecular formula is C5H8F2O5S. The second-order valence-electron chi connectivity index (χ2n) is 2.23. The second kappa shape index (κ2) is 4.47. The fraction of sp³-hybridized carbons (Fsp3) is 0.800. The summed E-state index contributed by atoms with van der Waals surface area (Å²) in [6, 6.07) is 0. The third-order valence-corrected chi connectivity index (χ3v) is 1.72. The maximum Gasteiger partial charge on any atom is 0.303 e. The van der Waals surface area contributed by atoms with Gasteiger partial charge in [-0.25, -0.2) is 8.78 Å². The van der Waals surface area contributed by atoms with Crippen molar-refractivity contribution in [1.29, 1.82) is 0 Å². The molecule has 0 heterocycles. The number of ether oxygens (including phenoxy) is 1. The molecule has 1 atom stereocenters. The number of esters is 1. The van der Waals surface area contributed by atoms with Gasteiger partial charge in [0, 0.05) is 6.92 Å². The normalized spacial score (nSPS) is 14.2. The van der Waals surface area contributed by atoms with E-state index in [2.05, 4.69) is 4.74 Å². The summed E-state index contributed by atoms with van der Waals surface area (Å²) in [7, 11) is -4.57. The van der Waals surface area contributed by atoms with Crippen LogP contribution in [-0.2, 0) is 19.6 Å². The number of hydrogen-bond acceptors (Lipinski definition) is 4. The highest BCUT2D eigenvalue weighted by Gasteiger charge is 2.28. The van der Waals surface area contributed by atoms with Gasteiger partial charge < -0.3 is 4.74 Å². The van der Waals surface area contributed by atoms with Crippen molar-refractivity contribution in [1.82, 2.24) is 0 Å². The van der Waals surface area contributed by atoms with Gasteiger partial charge in [-0.2, -0.15) is 8.42 Å². The Morgan fingerprint density at radius 1 is 1.54 bits per heavy atom. The minimum atomic E-state index is -4.57. The summed E-state index contributed by atoms with van der Waals surface area (Å²) >= 11 is 0. The van der Waals surface area contributed by atoms with Crippen molar-refractivity contribution in [2.24, 2.45) is 0 Å². The highest BCUT2D eigenvalue weighted by atomic mass is 32.2. The molecule has 0 spiro atoms. The van der Waals surface area contributed by atoms with Crippen LogP contribution in [0.1, 0.15) is 6.92 Å². The lowest BCUT2D eigenvalue weighted by Gasteiger charge is -2.13. The van der Waals surface area contributed by atoms with E-state index in [1.807, 2.05) is 0 Å². The third kappa shape index (κ3) is 6.41. The molecule has 0 bridgehead atoms. The van der Waals surface area contributed by atoms with Crippen molar-refractivity contribution >= 4 is 16.1 Å². The molecule has 0 fully saturated rings. The van der Waals surface area contributed by atoms with Gasteiger partial charge in [0.15, 0.2) is 6.10 Å². The number of carbonyl (C=O) groups excluding carboxylic acids is 1. The largest absolute Gasteiger partial charge is 0.455 e. The molecule has 5 nitrogen and oxygen atoms in total. The number of hydrogen-bond donors (Lipinski definition) is 1. The Bertz CT molecular complexity index is 273. The molecule has 1 N–H and O–H groups in total. The summed E-state index contributed by atoms with van der Waals surface area (Å²) in [4.78, 5) is 10.2. The molecule has 0 aromatic heterocycles. The maximum absolute atomic E-state index is 11.9. The minimum absolute atomic E-state index is 0.860. The molecule has 78 valence electrons. The van der Waals surface area contributed by atoms with Gasteiger partial charge in [-0.15, -0.1) is 0 Å². The molecule has 0 aliphatic carbocycles. The van der Waals surface area contributed by atoms with Gasteiger partial charge >= 0.3 is 5.97 Å². The van der Waals surface area contributed by atoms with Crippen LogP contribution in [0, 0.1) is 0 Å². The van der Waals surface area contributed by atoms with Gasteiger partial charge in [-0.3, -0.25) is 9.35 Å². The fourth-order valence-corrected chi connectivity index (χ4v) is 1.21. The predicted molar refractivity (Wildman–Crippen MR) is 38.0 cm³/mol. The van der Waals surface area contributed by atoms with E-state index in [0.29, 0.717) is 0 Å². The summed E-state index contributed by atoms with van der Waals surface area (Å²) in [6.45, 7) is 0.860. The van der Waals surface area contributed by atoms with Crippen molar-refractivity contribution in [2.75, 3.05) is 5.75 Å². The Balaban J connectivity index is 4.36. The quantitative estimate of drug-likeness (QED) is 0.533. The molecule has 0 aromatic rings. The summed E-state index contributed by atoms with van der Waals surface area (Å²) in [6.07, 6.45) is -5.27. The van der Waals surface area contributed by atoms with Crippen molar-refractivity contribution in [3.8, 4) is 0 Å². The van der Waals surface area contributed by atoms with Crippen LogP contribution in [0.25, 0.3) is 0 Å². The van der Waals surface area contributed by atoms with Crippen LogP contribution >= 0.6 is 0 Å². The molecule has 0 aliphatic heterocycles. The van der Waals surface area contributed by atoms with E-state index in [9.17, 15) is 22.0 Å². The zero-order valence-electron chi connectivity index (χ0n) is 6.61. The molecule has 13 heavy (non-hydrogen) atoms. The topological polar surface area (TPSA) is 80.7 Å². The molecule has 1 unspecified atom stereocenters. The predicted octanol–water partition coefficient (Wildman–Crippen LogP) is 0.0710. The highest BCUT2D eigenvalue weighted by molar-refractivity contribution is 7.85. The molecular weight excluding hydrogens is 210 g/mol. The molecule has 0 saturated heterocycles. The van der Waals surface area contributed by atoms with Crippen LogP contribution in [0.3, 0.4) is 0 Å². The van der Waals surface area contributed by atoms with Gasteiger partial charge in [0.1, 0.15) is 5.75 Å². The fourth-order valence-electron chi connectivity index (χ4n) is 0.579. The van der Waals surface area contributed by atoms with Crippen LogP contribution in [-0.4, -0.2) is 37.2 Å². The average Bonchev–Trinajstić information content (AvgIpc) is 1.81. The summed E-state index contributed by atoms with van der Waals surface area (Å²) in [5, 5.41) is 0. The van der Waals surface area contributed by atoms with E-state index < -0.39 is 34.4 Å². The first kappa shape index (κ1) is 12.2. The molecule has 0 rings (SSSR count). The van der Waals surface area contributed by atoms with Crippen LogP contribution in [0.4, 0.5) is 8.78 Å². The van der Waals surface area contributed by atoms with Gasteiger partial charge in [-0.1, -0.05) is 0 Å². The summed E-state index contributed by atoms with van der Waals surface area (Å²) < 4.78 is 56.3. The van der Waals surface area contributed by atoms with E-state index in [0.717, 1.165) is 6.92 Å². The smallest absolute Gasteiger partial charge is 0.303 e. The third-order valence-electron chi connectivity index (χ3n) is 0.973. The van der Waals surface area contributed by atoms with Gasteiger partial charge in [0.25, 0.3) is 16.5 Å². The number of alkyl halides is 2. The van der Waals surface area contributed by atoms with Crippen LogP contribution < -0.4 is 0 Å². The zero-order chi connectivity index (χ0) is 10.6. The number of halogens is 2. The molecule has 8 heteroatoms. The van der Waals surface area contributed by atoms with Crippen molar-refractivity contribution < 1.29 is 31.3 Å². The van der Waals surface area contributed by atoms with E-state index in [4.69, 9.17) is 4.55 Å². The van der Waals surface area contributed by atoms with E-state index >= 15 is 0 Å². The summed E-state index contributed by atoms with van der Waals surface area (Å²) in [5.41, 5.74) is 0. The molecule has 0 saturated carbocycles. The minimum Gasteiger partial charge on any atom is -0.455 e. The van der Waals surface area contributed by atoms with Crippen molar-refractivity contribution in [2.45, 2.75) is 19.5 Å². The first-order valence-corrected chi connectivity index (χ1v) is 4.74. The molecule has 0 amide bonds. The first-order valence-electron chi connectivity index (χ1n) is 3.13. The lowest BCUT2D eigenvalue weighted by molar-refractivity contribution is -0.152. The number of rotatable bonds is 4. The van der Waals surface area contributed by atoms with E-state index in [-0.39, 0.29) is 0 Å². The van der Waals surface area contributed by atoms with Gasteiger partial charge in [0.05, 0.1) is 0 Å². The van der Waals surface area contributed by atoms with Crippen LogP contribution in [0.15, 0.2) is 0 Å². The Morgan fingerprint density at radius 3 is 2.23 bits per heavy atom. The van der Waals surface area contributed by atoms with E-state index in [1.165, 1.54) is 0 Å². The first-order chi connectivity index (χ1) is 5.72. The van der Waals surface area contributed by atoms with Gasteiger partial charge in [0.2, 0.25) is 0 Å². The Labute approximate surface area is 73.4 Å².